The van der Waals surface area contributed by atoms with E-state index in [9.17, 15) is 8.78 Å². The van der Waals surface area contributed by atoms with Gasteiger partial charge in [0.15, 0.2) is 11.6 Å². The molecule has 2 rings (SSSR count). The van der Waals surface area contributed by atoms with E-state index in [4.69, 9.17) is 0 Å². The molecule has 0 aliphatic heterocycles. The number of halogens is 2. The van der Waals surface area contributed by atoms with Crippen LogP contribution in [0.25, 0.3) is 0 Å². The minimum Gasteiger partial charge on any atom is -0.310 e. The number of aryl methyl sites for hydroxylation is 1. The van der Waals surface area contributed by atoms with E-state index < -0.39 is 11.6 Å². The van der Waals surface area contributed by atoms with Crippen LogP contribution in [0.15, 0.2) is 42.5 Å². The minimum atomic E-state index is -0.801. The van der Waals surface area contributed by atoms with Gasteiger partial charge in [0, 0.05) is 6.04 Å². The fourth-order valence-electron chi connectivity index (χ4n) is 2.42. The van der Waals surface area contributed by atoms with Crippen LogP contribution in [-0.4, -0.2) is 6.54 Å². The lowest BCUT2D eigenvalue weighted by molar-refractivity contribution is 0.502. The van der Waals surface area contributed by atoms with Crippen molar-refractivity contribution in [3.05, 3.63) is 70.8 Å². The third-order valence-corrected chi connectivity index (χ3v) is 3.44. The molecule has 0 fully saturated rings. The second-order valence-corrected chi connectivity index (χ2v) is 4.92. The van der Waals surface area contributed by atoms with Crippen LogP contribution in [0.1, 0.15) is 29.7 Å². The Bertz CT molecular complexity index is 581. The molecule has 20 heavy (non-hydrogen) atoms. The third-order valence-electron chi connectivity index (χ3n) is 3.44. The van der Waals surface area contributed by atoms with Crippen molar-refractivity contribution in [1.82, 2.24) is 5.32 Å². The van der Waals surface area contributed by atoms with Crippen LogP contribution in [0.2, 0.25) is 0 Å². The molecule has 1 unspecified atom stereocenters. The highest BCUT2D eigenvalue weighted by Crippen LogP contribution is 2.22. The van der Waals surface area contributed by atoms with Gasteiger partial charge < -0.3 is 5.32 Å². The molecular formula is C17H19F2N. The maximum Gasteiger partial charge on any atom is 0.159 e. The van der Waals surface area contributed by atoms with Crippen LogP contribution in [-0.2, 0) is 6.42 Å². The first kappa shape index (κ1) is 14.7. The van der Waals surface area contributed by atoms with Gasteiger partial charge in [0.1, 0.15) is 0 Å². The van der Waals surface area contributed by atoms with Crippen molar-refractivity contribution >= 4 is 0 Å². The van der Waals surface area contributed by atoms with Crippen molar-refractivity contribution in [2.75, 3.05) is 6.54 Å². The number of likely N-dealkylation sites (N-methyl/N-ethyl adjacent to an activating group) is 1. The molecule has 106 valence electrons. The molecule has 0 amide bonds. The van der Waals surface area contributed by atoms with Gasteiger partial charge in [0.05, 0.1) is 0 Å². The van der Waals surface area contributed by atoms with Gasteiger partial charge in [-0.2, -0.15) is 0 Å². The minimum absolute atomic E-state index is 0.103. The number of hydrogen-bond acceptors (Lipinski definition) is 1. The lowest BCUT2D eigenvalue weighted by Crippen LogP contribution is -2.23. The fourth-order valence-corrected chi connectivity index (χ4v) is 2.42. The molecular weight excluding hydrogens is 256 g/mol. The number of rotatable bonds is 5. The van der Waals surface area contributed by atoms with E-state index in [1.54, 1.807) is 6.07 Å². The Kier molecular flexibility index (Phi) is 4.85. The van der Waals surface area contributed by atoms with Gasteiger partial charge in [-0.25, -0.2) is 8.78 Å². The topological polar surface area (TPSA) is 12.0 Å². The van der Waals surface area contributed by atoms with Gasteiger partial charge in [-0.05, 0) is 48.7 Å². The van der Waals surface area contributed by atoms with E-state index in [0.29, 0.717) is 6.42 Å². The molecule has 0 saturated heterocycles. The molecule has 0 bridgehead atoms. The third kappa shape index (κ3) is 3.42. The molecule has 2 aromatic rings. The highest BCUT2D eigenvalue weighted by Gasteiger charge is 2.14. The highest BCUT2D eigenvalue weighted by molar-refractivity contribution is 5.31. The molecule has 0 radical (unpaired) electrons. The molecule has 0 saturated carbocycles. The zero-order chi connectivity index (χ0) is 14.5. The molecule has 0 spiro atoms. The van der Waals surface area contributed by atoms with Gasteiger partial charge in [0.25, 0.3) is 0 Å². The maximum absolute atomic E-state index is 13.3. The van der Waals surface area contributed by atoms with Crippen molar-refractivity contribution in [2.24, 2.45) is 0 Å². The van der Waals surface area contributed by atoms with Gasteiger partial charge in [-0.1, -0.05) is 37.3 Å². The Morgan fingerprint density at radius 2 is 1.80 bits per heavy atom. The van der Waals surface area contributed by atoms with Gasteiger partial charge in [-0.15, -0.1) is 0 Å². The zero-order valence-corrected chi connectivity index (χ0v) is 11.8. The molecule has 0 aliphatic rings. The summed E-state index contributed by atoms with van der Waals surface area (Å²) in [6.45, 7) is 4.92. The first-order valence-corrected chi connectivity index (χ1v) is 6.84. The van der Waals surface area contributed by atoms with Crippen LogP contribution in [0, 0.1) is 18.6 Å². The predicted molar refractivity (Wildman–Crippen MR) is 77.7 cm³/mol. The number of nitrogens with one attached hydrogen (secondary N) is 1. The molecule has 0 heterocycles. The van der Waals surface area contributed by atoms with Gasteiger partial charge in [0.2, 0.25) is 0 Å². The normalized spacial score (nSPS) is 12.4. The lowest BCUT2D eigenvalue weighted by atomic mass is 9.95. The van der Waals surface area contributed by atoms with Crippen molar-refractivity contribution in [1.29, 1.82) is 0 Å². The van der Waals surface area contributed by atoms with E-state index in [0.717, 1.165) is 12.1 Å². The summed E-state index contributed by atoms with van der Waals surface area (Å²) in [7, 11) is 0. The van der Waals surface area contributed by atoms with E-state index >= 15 is 0 Å². The quantitative estimate of drug-likeness (QED) is 0.863. The Morgan fingerprint density at radius 1 is 1.05 bits per heavy atom. The van der Waals surface area contributed by atoms with Crippen LogP contribution in [0.5, 0.6) is 0 Å². The SMILES string of the molecule is CCNC(Cc1ccc(F)c(F)c1)c1ccccc1C. The molecule has 0 aliphatic carbocycles. The highest BCUT2D eigenvalue weighted by atomic mass is 19.2. The number of hydrogen-bond donors (Lipinski definition) is 1. The first-order valence-electron chi connectivity index (χ1n) is 6.84. The summed E-state index contributed by atoms with van der Waals surface area (Å²) in [5, 5.41) is 3.41. The molecule has 1 N–H and O–H groups in total. The maximum atomic E-state index is 13.3. The Balaban J connectivity index is 2.25. The van der Waals surface area contributed by atoms with Crippen molar-refractivity contribution in [3.8, 4) is 0 Å². The molecule has 3 heteroatoms. The Labute approximate surface area is 118 Å². The Hall–Kier alpha value is -1.74. The molecule has 2 aromatic carbocycles. The smallest absolute Gasteiger partial charge is 0.159 e. The van der Waals surface area contributed by atoms with E-state index in [-0.39, 0.29) is 6.04 Å². The second kappa shape index (κ2) is 6.62. The molecule has 0 aromatic heterocycles. The summed E-state index contributed by atoms with van der Waals surface area (Å²) < 4.78 is 26.3. The van der Waals surface area contributed by atoms with Crippen molar-refractivity contribution in [3.63, 3.8) is 0 Å². The van der Waals surface area contributed by atoms with E-state index in [1.165, 1.54) is 23.3 Å². The van der Waals surface area contributed by atoms with E-state index in [1.807, 2.05) is 19.1 Å². The fraction of sp³-hybridized carbons (Fsp3) is 0.294. The standard InChI is InChI=1S/C17H19F2N/c1-3-20-17(14-7-5-4-6-12(14)2)11-13-8-9-15(18)16(19)10-13/h4-10,17,20H,3,11H2,1-2H3. The summed E-state index contributed by atoms with van der Waals surface area (Å²) in [6, 6.07) is 12.3. The summed E-state index contributed by atoms with van der Waals surface area (Å²) in [5.74, 6) is -1.59. The van der Waals surface area contributed by atoms with E-state index in [2.05, 4.69) is 24.4 Å². The van der Waals surface area contributed by atoms with Crippen molar-refractivity contribution in [2.45, 2.75) is 26.3 Å². The average molecular weight is 275 g/mol. The first-order chi connectivity index (χ1) is 9.61. The van der Waals surface area contributed by atoms with Crippen LogP contribution < -0.4 is 5.32 Å². The molecule has 1 atom stereocenters. The largest absolute Gasteiger partial charge is 0.310 e. The van der Waals surface area contributed by atoms with Crippen molar-refractivity contribution < 1.29 is 8.78 Å². The number of benzene rings is 2. The average Bonchev–Trinajstić information content (AvgIpc) is 2.43. The van der Waals surface area contributed by atoms with Gasteiger partial charge >= 0.3 is 0 Å². The lowest BCUT2D eigenvalue weighted by Gasteiger charge is -2.20. The molecule has 1 nitrogen and oxygen atoms in total. The summed E-state index contributed by atoms with van der Waals surface area (Å²) in [5.41, 5.74) is 3.18. The Morgan fingerprint density at radius 3 is 2.45 bits per heavy atom. The second-order valence-electron chi connectivity index (χ2n) is 4.92. The summed E-state index contributed by atoms with van der Waals surface area (Å²) in [4.78, 5) is 0. The van der Waals surface area contributed by atoms with Gasteiger partial charge in [-0.3, -0.25) is 0 Å². The van der Waals surface area contributed by atoms with Crippen LogP contribution in [0.3, 0.4) is 0 Å². The summed E-state index contributed by atoms with van der Waals surface area (Å²) >= 11 is 0. The summed E-state index contributed by atoms with van der Waals surface area (Å²) in [6.07, 6.45) is 0.635. The predicted octanol–water partition coefficient (Wildman–Crippen LogP) is 4.17. The van der Waals surface area contributed by atoms with Crippen LogP contribution in [0.4, 0.5) is 8.78 Å². The zero-order valence-electron chi connectivity index (χ0n) is 11.8. The monoisotopic (exact) mass is 275 g/mol. The van der Waals surface area contributed by atoms with Crippen LogP contribution >= 0.6 is 0 Å².